The number of imide groups is 2. The van der Waals surface area contributed by atoms with Crippen molar-refractivity contribution in [3.05, 3.63) is 60.2 Å². The van der Waals surface area contributed by atoms with Gasteiger partial charge < -0.3 is 0 Å². The third-order valence-corrected chi connectivity index (χ3v) is 3.42. The van der Waals surface area contributed by atoms with Crippen molar-refractivity contribution < 1.29 is 27.6 Å². The normalized spacial score (nSPS) is 15.4. The first-order chi connectivity index (χ1) is 11.3. The van der Waals surface area contributed by atoms with Crippen LogP contribution in [0.5, 0.6) is 0 Å². The van der Waals surface area contributed by atoms with E-state index in [-0.39, 0.29) is 11.4 Å². The van der Waals surface area contributed by atoms with Gasteiger partial charge in [0.2, 0.25) is 0 Å². The Morgan fingerprint density at radius 1 is 0.708 bits per heavy atom. The second-order valence-electron chi connectivity index (χ2n) is 4.95. The lowest BCUT2D eigenvalue weighted by molar-refractivity contribution is -0.137. The van der Waals surface area contributed by atoms with Crippen LogP contribution in [0.1, 0.15) is 5.56 Å². The molecule has 1 fully saturated rings. The van der Waals surface area contributed by atoms with Gasteiger partial charge in [0.1, 0.15) is 0 Å². The molecule has 0 atom stereocenters. The lowest BCUT2D eigenvalue weighted by atomic mass is 10.2. The summed E-state index contributed by atoms with van der Waals surface area (Å²) in [5.74, 6) is -2.33. The second kappa shape index (κ2) is 5.48. The fourth-order valence-electron chi connectivity index (χ4n) is 2.32. The highest BCUT2D eigenvalue weighted by Crippen LogP contribution is 2.33. The van der Waals surface area contributed by atoms with E-state index >= 15 is 0 Å². The van der Waals surface area contributed by atoms with E-state index in [1.54, 1.807) is 18.2 Å². The zero-order chi connectivity index (χ0) is 17.5. The van der Waals surface area contributed by atoms with Crippen molar-refractivity contribution in [2.75, 3.05) is 9.80 Å². The highest BCUT2D eigenvalue weighted by atomic mass is 19.4. The second-order valence-corrected chi connectivity index (χ2v) is 4.95. The molecule has 0 aliphatic carbocycles. The van der Waals surface area contributed by atoms with Crippen molar-refractivity contribution in [1.29, 1.82) is 0 Å². The molecule has 24 heavy (non-hydrogen) atoms. The minimum atomic E-state index is -4.63. The number of carbonyl (C=O) groups excluding carboxylic acids is 3. The van der Waals surface area contributed by atoms with Gasteiger partial charge >= 0.3 is 24.0 Å². The van der Waals surface area contributed by atoms with Crippen LogP contribution < -0.4 is 9.80 Å². The number of carbonyl (C=O) groups is 3. The van der Waals surface area contributed by atoms with Crippen LogP contribution in [0.15, 0.2) is 54.6 Å². The molecule has 0 saturated carbocycles. The summed E-state index contributed by atoms with van der Waals surface area (Å²) in [6.07, 6.45) is -4.63. The van der Waals surface area contributed by atoms with Crippen LogP contribution in [0.4, 0.5) is 29.3 Å². The highest BCUT2D eigenvalue weighted by molar-refractivity contribution is 6.60. The smallest absolute Gasteiger partial charge is 0.262 e. The Kier molecular flexibility index (Phi) is 3.59. The number of halogens is 3. The van der Waals surface area contributed by atoms with Gasteiger partial charge in [-0.3, -0.25) is 9.59 Å². The third-order valence-electron chi connectivity index (χ3n) is 3.42. The van der Waals surface area contributed by atoms with Gasteiger partial charge in [-0.05, 0) is 30.3 Å². The monoisotopic (exact) mass is 334 g/mol. The number of benzene rings is 2. The van der Waals surface area contributed by atoms with Gasteiger partial charge in [0.25, 0.3) is 0 Å². The molecular weight excluding hydrogens is 325 g/mol. The average Bonchev–Trinajstić information content (AvgIpc) is 2.77. The fraction of sp³-hybridized carbons (Fsp3) is 0.0625. The molecule has 1 heterocycles. The molecule has 2 aromatic rings. The first kappa shape index (κ1) is 15.7. The largest absolute Gasteiger partial charge is 0.416 e. The molecule has 0 aromatic heterocycles. The van der Waals surface area contributed by atoms with Crippen LogP contribution in [0.2, 0.25) is 0 Å². The van der Waals surface area contributed by atoms with Crippen LogP contribution in [0.3, 0.4) is 0 Å². The summed E-state index contributed by atoms with van der Waals surface area (Å²) in [6.45, 7) is 0. The number of urea groups is 1. The molecule has 1 aliphatic heterocycles. The average molecular weight is 334 g/mol. The van der Waals surface area contributed by atoms with Crippen LogP contribution in [0, 0.1) is 0 Å². The molecule has 8 heteroatoms. The summed E-state index contributed by atoms with van der Waals surface area (Å²) in [5.41, 5.74) is -1.17. The maximum atomic E-state index is 12.8. The molecule has 122 valence electrons. The van der Waals surface area contributed by atoms with Gasteiger partial charge in [-0.1, -0.05) is 24.3 Å². The maximum absolute atomic E-state index is 12.8. The molecule has 0 unspecified atom stereocenters. The Bertz CT molecular complexity index is 834. The minimum absolute atomic E-state index is 0.162. The standard InChI is InChI=1S/C16H9F3N2O3/c17-16(18,19)10-5-4-8-12(9-10)21-14(23)13(22)20(15(21)24)11-6-2-1-3-7-11/h1-9H. The van der Waals surface area contributed by atoms with Crippen molar-refractivity contribution in [3.63, 3.8) is 0 Å². The molecule has 0 N–H and O–H groups in total. The number of nitrogens with zero attached hydrogens (tertiary/aromatic N) is 2. The number of para-hydroxylation sites is 1. The summed E-state index contributed by atoms with van der Waals surface area (Å²) in [6, 6.07) is 10.3. The summed E-state index contributed by atoms with van der Waals surface area (Å²) in [4.78, 5) is 37.6. The molecule has 0 radical (unpaired) electrons. The van der Waals surface area contributed by atoms with Gasteiger partial charge in [-0.15, -0.1) is 0 Å². The predicted octanol–water partition coefficient (Wildman–Crippen LogP) is 3.21. The first-order valence-corrected chi connectivity index (χ1v) is 6.75. The number of hydrogen-bond donors (Lipinski definition) is 0. The zero-order valence-electron chi connectivity index (χ0n) is 11.9. The maximum Gasteiger partial charge on any atom is 0.416 e. The lowest BCUT2D eigenvalue weighted by Gasteiger charge is -2.16. The quantitative estimate of drug-likeness (QED) is 0.626. The van der Waals surface area contributed by atoms with Gasteiger partial charge in [0.05, 0.1) is 16.9 Å². The Labute approximate surface area is 133 Å². The Morgan fingerprint density at radius 2 is 1.25 bits per heavy atom. The van der Waals surface area contributed by atoms with E-state index in [1.807, 2.05) is 0 Å². The van der Waals surface area contributed by atoms with Crippen molar-refractivity contribution in [2.45, 2.75) is 6.18 Å². The lowest BCUT2D eigenvalue weighted by Crippen LogP contribution is -2.33. The van der Waals surface area contributed by atoms with Gasteiger partial charge in [-0.25, -0.2) is 14.6 Å². The Balaban J connectivity index is 2.03. The van der Waals surface area contributed by atoms with E-state index in [9.17, 15) is 27.6 Å². The number of hydrogen-bond acceptors (Lipinski definition) is 3. The Hall–Kier alpha value is -3.16. The zero-order valence-corrected chi connectivity index (χ0v) is 11.9. The summed E-state index contributed by atoms with van der Waals surface area (Å²) in [7, 11) is 0. The topological polar surface area (TPSA) is 57.7 Å². The number of rotatable bonds is 2. The number of alkyl halides is 3. The van der Waals surface area contributed by atoms with Gasteiger partial charge in [-0.2, -0.15) is 13.2 Å². The molecular formula is C16H9F3N2O3. The van der Waals surface area contributed by atoms with E-state index in [2.05, 4.69) is 0 Å². The number of anilines is 2. The summed E-state index contributed by atoms with van der Waals surface area (Å²) >= 11 is 0. The fourth-order valence-corrected chi connectivity index (χ4v) is 2.32. The molecule has 1 saturated heterocycles. The van der Waals surface area contributed by atoms with Crippen LogP contribution in [-0.2, 0) is 15.8 Å². The molecule has 3 rings (SSSR count). The molecule has 2 aromatic carbocycles. The van der Waals surface area contributed by atoms with Crippen molar-refractivity contribution in [2.24, 2.45) is 0 Å². The molecule has 1 aliphatic rings. The summed E-state index contributed by atoms with van der Waals surface area (Å²) < 4.78 is 38.4. The van der Waals surface area contributed by atoms with E-state index in [4.69, 9.17) is 0 Å². The van der Waals surface area contributed by atoms with E-state index in [0.29, 0.717) is 15.9 Å². The molecule has 4 amide bonds. The van der Waals surface area contributed by atoms with E-state index < -0.39 is 29.6 Å². The van der Waals surface area contributed by atoms with Crippen molar-refractivity contribution in [1.82, 2.24) is 0 Å². The predicted molar refractivity (Wildman–Crippen MR) is 78.3 cm³/mol. The van der Waals surface area contributed by atoms with Crippen LogP contribution >= 0.6 is 0 Å². The van der Waals surface area contributed by atoms with E-state index in [0.717, 1.165) is 18.2 Å². The minimum Gasteiger partial charge on any atom is -0.262 e. The molecule has 5 nitrogen and oxygen atoms in total. The SMILES string of the molecule is O=C1C(=O)N(c2cccc(C(F)(F)F)c2)C(=O)N1c1ccccc1. The first-order valence-electron chi connectivity index (χ1n) is 6.75. The van der Waals surface area contributed by atoms with E-state index in [1.165, 1.54) is 12.1 Å². The van der Waals surface area contributed by atoms with Crippen LogP contribution in [-0.4, -0.2) is 17.8 Å². The van der Waals surface area contributed by atoms with Crippen molar-refractivity contribution >= 4 is 29.2 Å². The highest BCUT2D eigenvalue weighted by Gasteiger charge is 2.46. The van der Waals surface area contributed by atoms with Crippen LogP contribution in [0.25, 0.3) is 0 Å². The third kappa shape index (κ3) is 2.51. The number of amides is 4. The Morgan fingerprint density at radius 3 is 1.83 bits per heavy atom. The van der Waals surface area contributed by atoms with Crippen molar-refractivity contribution in [3.8, 4) is 0 Å². The molecule has 0 bridgehead atoms. The summed E-state index contributed by atoms with van der Waals surface area (Å²) in [5, 5.41) is 0. The van der Waals surface area contributed by atoms with Gasteiger partial charge in [0, 0.05) is 0 Å². The molecule has 0 spiro atoms. The van der Waals surface area contributed by atoms with Gasteiger partial charge in [0.15, 0.2) is 0 Å².